The number of carbonyl (C=O) groups is 1. The van der Waals surface area contributed by atoms with Crippen molar-refractivity contribution >= 4 is 33.2 Å². The van der Waals surface area contributed by atoms with Gasteiger partial charge in [0.2, 0.25) is 5.91 Å². The van der Waals surface area contributed by atoms with Crippen LogP contribution in [0.2, 0.25) is 5.02 Å². The second-order valence-corrected chi connectivity index (χ2v) is 11.8. The van der Waals surface area contributed by atoms with E-state index in [0.717, 1.165) is 23.6 Å². The number of para-hydroxylation sites is 1. The Balaban J connectivity index is 1.43. The van der Waals surface area contributed by atoms with Crippen molar-refractivity contribution in [1.29, 1.82) is 0 Å². The number of anilines is 1. The molecular weight excluding hydrogens is 432 g/mol. The maximum Gasteiger partial charge on any atom is 0.264 e. The van der Waals surface area contributed by atoms with Gasteiger partial charge in [-0.05, 0) is 80.5 Å². The molecule has 1 N–H and O–H groups in total. The van der Waals surface area contributed by atoms with E-state index in [1.165, 1.54) is 31.4 Å². The molecule has 0 atom stereocenters. The molecule has 0 heterocycles. The van der Waals surface area contributed by atoms with Crippen LogP contribution in [0.3, 0.4) is 0 Å². The molecule has 0 saturated heterocycles. The van der Waals surface area contributed by atoms with Gasteiger partial charge in [0, 0.05) is 5.54 Å². The van der Waals surface area contributed by atoms with Gasteiger partial charge < -0.3 is 5.32 Å². The van der Waals surface area contributed by atoms with Gasteiger partial charge in [-0.25, -0.2) is 8.42 Å². The molecule has 4 fully saturated rings. The van der Waals surface area contributed by atoms with Crippen LogP contribution in [0.25, 0.3) is 0 Å². The molecule has 5 nitrogen and oxygen atoms in total. The number of hydrogen-bond donors (Lipinski definition) is 1. The quantitative estimate of drug-likeness (QED) is 0.686. The van der Waals surface area contributed by atoms with Gasteiger partial charge in [-0.15, -0.1) is 0 Å². The highest BCUT2D eigenvalue weighted by Gasteiger charge is 2.51. The Morgan fingerprint density at radius 2 is 1.48 bits per heavy atom. The molecular formula is C24H27ClN2O3S. The molecule has 0 aliphatic heterocycles. The van der Waals surface area contributed by atoms with E-state index < -0.39 is 10.0 Å². The lowest BCUT2D eigenvalue weighted by Gasteiger charge is -2.57. The number of halogens is 1. The first-order chi connectivity index (χ1) is 14.8. The summed E-state index contributed by atoms with van der Waals surface area (Å²) in [5.41, 5.74) is 0.141. The third-order valence-electron chi connectivity index (χ3n) is 7.18. The van der Waals surface area contributed by atoms with Crippen molar-refractivity contribution in [2.45, 2.75) is 49.0 Å². The number of rotatable bonds is 6. The highest BCUT2D eigenvalue weighted by Crippen LogP contribution is 2.55. The van der Waals surface area contributed by atoms with Gasteiger partial charge in [0.1, 0.15) is 6.54 Å². The van der Waals surface area contributed by atoms with Crippen molar-refractivity contribution in [2.75, 3.05) is 10.8 Å². The molecule has 1 amide bonds. The van der Waals surface area contributed by atoms with E-state index in [1.807, 2.05) is 0 Å². The standard InChI is InChI=1S/C24H27ClN2O3S/c25-21-8-4-5-9-22(21)27(31(29,30)20-6-2-1-3-7-20)16-23(28)26-24-13-17-10-18(14-24)12-19(11-17)15-24/h1-9,17-19H,10-16H2,(H,26,28). The van der Waals surface area contributed by atoms with Crippen LogP contribution in [0.5, 0.6) is 0 Å². The minimum Gasteiger partial charge on any atom is -0.349 e. The van der Waals surface area contributed by atoms with Gasteiger partial charge in [0.05, 0.1) is 15.6 Å². The lowest BCUT2D eigenvalue weighted by Crippen LogP contribution is -2.61. The summed E-state index contributed by atoms with van der Waals surface area (Å²) in [4.78, 5) is 13.4. The molecule has 7 heteroatoms. The number of carbonyl (C=O) groups excluding carboxylic acids is 1. The minimum absolute atomic E-state index is 0.137. The first kappa shape index (κ1) is 20.8. The Bertz CT molecular complexity index is 1050. The fourth-order valence-corrected chi connectivity index (χ4v) is 8.15. The highest BCUT2D eigenvalue weighted by molar-refractivity contribution is 7.92. The van der Waals surface area contributed by atoms with Gasteiger partial charge in [-0.2, -0.15) is 0 Å². The molecule has 0 spiro atoms. The second kappa shape index (κ2) is 7.82. The van der Waals surface area contributed by atoms with Gasteiger partial charge in [0.25, 0.3) is 10.0 Å². The molecule has 4 saturated carbocycles. The molecule has 4 aliphatic carbocycles. The predicted molar refractivity (Wildman–Crippen MR) is 121 cm³/mol. The summed E-state index contributed by atoms with van der Waals surface area (Å²) in [5.74, 6) is 1.82. The summed E-state index contributed by atoms with van der Waals surface area (Å²) in [6, 6.07) is 14.9. The fourth-order valence-electron chi connectivity index (χ4n) is 6.40. The molecule has 0 radical (unpaired) electrons. The number of sulfonamides is 1. The van der Waals surface area contributed by atoms with Crippen molar-refractivity contribution in [3.05, 3.63) is 59.6 Å². The molecule has 4 bridgehead atoms. The van der Waals surface area contributed by atoms with Crippen molar-refractivity contribution < 1.29 is 13.2 Å². The van der Waals surface area contributed by atoms with Crippen molar-refractivity contribution in [2.24, 2.45) is 17.8 Å². The van der Waals surface area contributed by atoms with Crippen LogP contribution in [0.4, 0.5) is 5.69 Å². The number of nitrogens with zero attached hydrogens (tertiary/aromatic N) is 1. The van der Waals surface area contributed by atoms with Crippen LogP contribution < -0.4 is 9.62 Å². The van der Waals surface area contributed by atoms with E-state index in [9.17, 15) is 13.2 Å². The summed E-state index contributed by atoms with van der Waals surface area (Å²) < 4.78 is 28.1. The Labute approximate surface area is 188 Å². The molecule has 164 valence electrons. The van der Waals surface area contributed by atoms with Crippen LogP contribution in [-0.2, 0) is 14.8 Å². The van der Waals surface area contributed by atoms with Crippen molar-refractivity contribution in [3.63, 3.8) is 0 Å². The monoisotopic (exact) mass is 458 g/mol. The zero-order valence-electron chi connectivity index (χ0n) is 17.3. The highest BCUT2D eigenvalue weighted by atomic mass is 35.5. The third kappa shape index (κ3) is 3.96. The largest absolute Gasteiger partial charge is 0.349 e. The van der Waals surface area contributed by atoms with Gasteiger partial charge in [-0.3, -0.25) is 9.10 Å². The predicted octanol–water partition coefficient (Wildman–Crippen LogP) is 4.62. The van der Waals surface area contributed by atoms with Crippen LogP contribution in [0.15, 0.2) is 59.5 Å². The van der Waals surface area contributed by atoms with E-state index in [4.69, 9.17) is 11.6 Å². The average Bonchev–Trinajstić information content (AvgIpc) is 2.72. The molecule has 4 aliphatic rings. The van der Waals surface area contributed by atoms with E-state index in [-0.39, 0.29) is 22.9 Å². The zero-order chi connectivity index (χ0) is 21.6. The number of benzene rings is 2. The normalized spacial score (nSPS) is 29.0. The Hall–Kier alpha value is -2.05. The minimum atomic E-state index is -3.95. The average molecular weight is 459 g/mol. The second-order valence-electron chi connectivity index (χ2n) is 9.52. The maximum absolute atomic E-state index is 13.5. The number of hydrogen-bond acceptors (Lipinski definition) is 3. The molecule has 31 heavy (non-hydrogen) atoms. The molecule has 0 unspecified atom stereocenters. The topological polar surface area (TPSA) is 66.5 Å². The number of amides is 1. The van der Waals surface area contributed by atoms with Crippen molar-refractivity contribution in [1.82, 2.24) is 5.32 Å². The lowest BCUT2D eigenvalue weighted by atomic mass is 9.53. The maximum atomic E-state index is 13.5. The van der Waals surface area contributed by atoms with Crippen LogP contribution in [0.1, 0.15) is 38.5 Å². The molecule has 0 aromatic heterocycles. The van der Waals surface area contributed by atoms with Crippen molar-refractivity contribution in [3.8, 4) is 0 Å². The molecule has 2 aromatic rings. The Morgan fingerprint density at radius 1 is 0.935 bits per heavy atom. The first-order valence-corrected chi connectivity index (χ1v) is 12.8. The van der Waals surface area contributed by atoms with E-state index in [1.54, 1.807) is 42.5 Å². The van der Waals surface area contributed by atoms with Crippen LogP contribution in [0, 0.1) is 17.8 Å². The summed E-state index contributed by atoms with van der Waals surface area (Å²) in [5, 5.41) is 3.58. The van der Waals surface area contributed by atoms with Crippen LogP contribution in [-0.4, -0.2) is 26.4 Å². The summed E-state index contributed by atoms with van der Waals surface area (Å²) in [6.45, 7) is -0.289. The SMILES string of the molecule is O=C(CN(c1ccccc1Cl)S(=O)(=O)c1ccccc1)NC12CC3CC(CC(C3)C1)C2. The van der Waals surface area contributed by atoms with Gasteiger partial charge in [0.15, 0.2) is 0 Å². The lowest BCUT2D eigenvalue weighted by molar-refractivity contribution is -0.125. The van der Waals surface area contributed by atoms with Gasteiger partial charge in [-0.1, -0.05) is 41.9 Å². The van der Waals surface area contributed by atoms with E-state index >= 15 is 0 Å². The summed E-state index contributed by atoms with van der Waals surface area (Å²) in [7, 11) is -3.95. The van der Waals surface area contributed by atoms with Gasteiger partial charge >= 0.3 is 0 Å². The van der Waals surface area contributed by atoms with Crippen LogP contribution >= 0.6 is 11.6 Å². The summed E-state index contributed by atoms with van der Waals surface area (Å²) in [6.07, 6.45) is 6.89. The zero-order valence-corrected chi connectivity index (χ0v) is 18.9. The molecule has 2 aromatic carbocycles. The van der Waals surface area contributed by atoms with E-state index in [2.05, 4.69) is 5.32 Å². The Kier molecular flexibility index (Phi) is 5.25. The summed E-state index contributed by atoms with van der Waals surface area (Å²) >= 11 is 6.36. The third-order valence-corrected chi connectivity index (χ3v) is 9.28. The first-order valence-electron chi connectivity index (χ1n) is 11.0. The van der Waals surface area contributed by atoms with E-state index in [0.29, 0.717) is 28.5 Å². The number of nitrogens with one attached hydrogen (secondary N) is 1. The molecule has 6 rings (SSSR count). The Morgan fingerprint density at radius 3 is 2.06 bits per heavy atom. The fraction of sp³-hybridized carbons (Fsp3) is 0.458. The smallest absolute Gasteiger partial charge is 0.264 e.